The number of aliphatic hydroxyl groups excluding tert-OH is 1. The van der Waals surface area contributed by atoms with Crippen LogP contribution in [0.4, 0.5) is 5.82 Å². The number of fused-ring (bicyclic) bond motifs is 1. The number of aryl methyl sites for hydroxylation is 1. The van der Waals surface area contributed by atoms with Gasteiger partial charge < -0.3 is 10.4 Å². The van der Waals surface area contributed by atoms with E-state index in [1.54, 1.807) is 4.52 Å². The van der Waals surface area contributed by atoms with Crippen LogP contribution < -0.4 is 5.32 Å². The van der Waals surface area contributed by atoms with Gasteiger partial charge in [-0.15, -0.1) is 0 Å². The van der Waals surface area contributed by atoms with Crippen molar-refractivity contribution in [2.24, 2.45) is 0 Å². The minimum atomic E-state index is 0.189. The van der Waals surface area contributed by atoms with Gasteiger partial charge in [0.2, 0.25) is 0 Å². The molecule has 0 radical (unpaired) electrons. The van der Waals surface area contributed by atoms with E-state index >= 15 is 0 Å². The Morgan fingerprint density at radius 3 is 2.85 bits per heavy atom. The highest BCUT2D eigenvalue weighted by atomic mass is 16.3. The fourth-order valence-electron chi connectivity index (χ4n) is 2.14. The van der Waals surface area contributed by atoms with Crippen LogP contribution in [-0.4, -0.2) is 62.4 Å². The van der Waals surface area contributed by atoms with Crippen LogP contribution in [0.25, 0.3) is 5.78 Å². The lowest BCUT2D eigenvalue weighted by atomic mass is 10.2. The molecule has 0 aliphatic heterocycles. The molecular weight excluding hydrogens is 256 g/mol. The lowest BCUT2D eigenvalue weighted by Crippen LogP contribution is -2.31. The van der Waals surface area contributed by atoms with E-state index < -0.39 is 0 Å². The Labute approximate surface area is 118 Å². The lowest BCUT2D eigenvalue weighted by molar-refractivity contribution is 0.206. The summed E-state index contributed by atoms with van der Waals surface area (Å²) in [5.41, 5.74) is 2.03. The molecule has 7 heteroatoms. The Morgan fingerprint density at radius 1 is 1.35 bits per heavy atom. The third kappa shape index (κ3) is 3.05. The second-order valence-electron chi connectivity index (χ2n) is 4.73. The van der Waals surface area contributed by atoms with Crippen molar-refractivity contribution >= 4 is 11.6 Å². The second-order valence-corrected chi connectivity index (χ2v) is 4.73. The van der Waals surface area contributed by atoms with Gasteiger partial charge in [-0.25, -0.2) is 4.98 Å². The SMILES string of the molecule is CCN(CCO)CCNc1c(C)c(C)nc2ncnn12. The van der Waals surface area contributed by atoms with E-state index in [1.165, 1.54) is 6.33 Å². The van der Waals surface area contributed by atoms with Crippen molar-refractivity contribution in [1.29, 1.82) is 0 Å². The smallest absolute Gasteiger partial charge is 0.254 e. The Hall–Kier alpha value is -1.73. The maximum Gasteiger partial charge on any atom is 0.254 e. The van der Waals surface area contributed by atoms with Crippen molar-refractivity contribution in [2.45, 2.75) is 20.8 Å². The third-order valence-electron chi connectivity index (χ3n) is 3.49. The van der Waals surface area contributed by atoms with E-state index in [1.807, 2.05) is 13.8 Å². The standard InChI is InChI=1S/C13H22N6O/c1-4-18(7-8-20)6-5-14-12-10(2)11(3)17-13-15-9-16-19(12)13/h9,14,20H,4-8H2,1-3H3. The monoisotopic (exact) mass is 278 g/mol. The van der Waals surface area contributed by atoms with E-state index in [-0.39, 0.29) is 6.61 Å². The Bertz CT molecular complexity index is 567. The first kappa shape index (κ1) is 14.7. The van der Waals surface area contributed by atoms with E-state index in [0.717, 1.165) is 36.7 Å². The summed E-state index contributed by atoms with van der Waals surface area (Å²) in [5, 5.41) is 16.6. The molecule has 0 amide bonds. The zero-order chi connectivity index (χ0) is 14.5. The molecule has 0 saturated carbocycles. The van der Waals surface area contributed by atoms with Gasteiger partial charge in [-0.2, -0.15) is 14.6 Å². The van der Waals surface area contributed by atoms with Crippen LogP contribution in [0.1, 0.15) is 18.2 Å². The van der Waals surface area contributed by atoms with E-state index in [0.29, 0.717) is 12.3 Å². The first-order chi connectivity index (χ1) is 9.67. The number of nitrogens with one attached hydrogen (secondary N) is 1. The van der Waals surface area contributed by atoms with Crippen LogP contribution in [0.2, 0.25) is 0 Å². The fraction of sp³-hybridized carbons (Fsp3) is 0.615. The number of anilines is 1. The van der Waals surface area contributed by atoms with Gasteiger partial charge in [0.25, 0.3) is 5.78 Å². The van der Waals surface area contributed by atoms with Crippen LogP contribution >= 0.6 is 0 Å². The number of nitrogens with zero attached hydrogens (tertiary/aromatic N) is 5. The fourth-order valence-corrected chi connectivity index (χ4v) is 2.14. The molecule has 2 aromatic rings. The van der Waals surface area contributed by atoms with E-state index in [9.17, 15) is 0 Å². The van der Waals surface area contributed by atoms with Gasteiger partial charge in [0.1, 0.15) is 12.1 Å². The zero-order valence-corrected chi connectivity index (χ0v) is 12.3. The number of aliphatic hydroxyl groups is 1. The number of aromatic nitrogens is 4. The number of hydrogen-bond donors (Lipinski definition) is 2. The van der Waals surface area contributed by atoms with Crippen LogP contribution in [-0.2, 0) is 0 Å². The number of likely N-dealkylation sites (N-methyl/N-ethyl adjacent to an activating group) is 1. The Kier molecular flexibility index (Phi) is 4.86. The first-order valence-corrected chi connectivity index (χ1v) is 6.91. The summed E-state index contributed by atoms with van der Waals surface area (Å²) in [4.78, 5) is 10.7. The summed E-state index contributed by atoms with van der Waals surface area (Å²) in [5.74, 6) is 1.54. The van der Waals surface area contributed by atoms with Gasteiger partial charge in [0.15, 0.2) is 0 Å². The molecular formula is C13H22N6O. The molecule has 20 heavy (non-hydrogen) atoms. The topological polar surface area (TPSA) is 78.6 Å². The maximum atomic E-state index is 8.99. The summed E-state index contributed by atoms with van der Waals surface area (Å²) >= 11 is 0. The van der Waals surface area contributed by atoms with Gasteiger partial charge in [-0.3, -0.25) is 4.90 Å². The molecule has 0 saturated heterocycles. The molecule has 2 rings (SSSR count). The highest BCUT2D eigenvalue weighted by molar-refractivity contribution is 5.51. The molecule has 2 aromatic heterocycles. The van der Waals surface area contributed by atoms with Crippen LogP contribution in [0.15, 0.2) is 6.33 Å². The van der Waals surface area contributed by atoms with E-state index in [4.69, 9.17) is 5.11 Å². The first-order valence-electron chi connectivity index (χ1n) is 6.91. The molecule has 110 valence electrons. The molecule has 2 heterocycles. The maximum absolute atomic E-state index is 8.99. The number of hydrogen-bond acceptors (Lipinski definition) is 6. The highest BCUT2D eigenvalue weighted by Crippen LogP contribution is 2.17. The lowest BCUT2D eigenvalue weighted by Gasteiger charge is -2.20. The second kappa shape index (κ2) is 6.62. The average Bonchev–Trinajstić information content (AvgIpc) is 2.89. The number of rotatable bonds is 7. The van der Waals surface area contributed by atoms with Crippen LogP contribution in [0.5, 0.6) is 0 Å². The quantitative estimate of drug-likeness (QED) is 0.766. The minimum absolute atomic E-state index is 0.189. The van der Waals surface area contributed by atoms with Crippen molar-refractivity contribution in [2.75, 3.05) is 38.1 Å². The molecule has 0 aliphatic carbocycles. The molecule has 0 aliphatic rings. The summed E-state index contributed by atoms with van der Waals surface area (Å²) in [7, 11) is 0. The van der Waals surface area contributed by atoms with Crippen LogP contribution in [0.3, 0.4) is 0 Å². The zero-order valence-electron chi connectivity index (χ0n) is 12.3. The van der Waals surface area contributed by atoms with Gasteiger partial charge in [-0.05, 0) is 20.4 Å². The molecule has 0 fully saturated rings. The van der Waals surface area contributed by atoms with Gasteiger partial charge in [-0.1, -0.05) is 6.92 Å². The molecule has 0 aromatic carbocycles. The van der Waals surface area contributed by atoms with Crippen molar-refractivity contribution < 1.29 is 5.11 Å². The Balaban J connectivity index is 2.09. The molecule has 0 unspecified atom stereocenters. The van der Waals surface area contributed by atoms with Crippen molar-refractivity contribution in [3.05, 3.63) is 17.6 Å². The minimum Gasteiger partial charge on any atom is -0.395 e. The van der Waals surface area contributed by atoms with Crippen LogP contribution in [0, 0.1) is 13.8 Å². The largest absolute Gasteiger partial charge is 0.395 e. The van der Waals surface area contributed by atoms with Gasteiger partial charge >= 0.3 is 0 Å². The predicted octanol–water partition coefficient (Wildman–Crippen LogP) is 0.467. The average molecular weight is 278 g/mol. The predicted molar refractivity (Wildman–Crippen MR) is 77.9 cm³/mol. The van der Waals surface area contributed by atoms with Gasteiger partial charge in [0.05, 0.1) is 6.61 Å². The molecule has 0 bridgehead atoms. The van der Waals surface area contributed by atoms with Crippen molar-refractivity contribution in [3.8, 4) is 0 Å². The summed E-state index contributed by atoms with van der Waals surface area (Å²) in [6, 6.07) is 0. The third-order valence-corrected chi connectivity index (χ3v) is 3.49. The molecule has 7 nitrogen and oxygen atoms in total. The molecule has 0 spiro atoms. The van der Waals surface area contributed by atoms with E-state index in [2.05, 4.69) is 32.2 Å². The highest BCUT2D eigenvalue weighted by Gasteiger charge is 2.10. The van der Waals surface area contributed by atoms with Gasteiger partial charge in [0, 0.05) is 30.9 Å². The molecule has 2 N–H and O–H groups in total. The summed E-state index contributed by atoms with van der Waals surface area (Å²) in [6.45, 7) is 9.56. The summed E-state index contributed by atoms with van der Waals surface area (Å²) < 4.78 is 1.73. The van der Waals surface area contributed by atoms with Crippen molar-refractivity contribution in [3.63, 3.8) is 0 Å². The summed E-state index contributed by atoms with van der Waals surface area (Å²) in [6.07, 6.45) is 1.51. The Morgan fingerprint density at radius 2 is 2.15 bits per heavy atom. The molecule has 0 atom stereocenters. The normalized spacial score (nSPS) is 11.4. The van der Waals surface area contributed by atoms with Crippen molar-refractivity contribution in [1.82, 2.24) is 24.5 Å².